The number of anilines is 1. The van der Waals surface area contributed by atoms with Crippen molar-refractivity contribution in [3.05, 3.63) is 78.9 Å². The second-order valence-electron chi connectivity index (χ2n) is 6.32. The summed E-state index contributed by atoms with van der Waals surface area (Å²) >= 11 is 2.79. The molecule has 0 aliphatic heterocycles. The van der Waals surface area contributed by atoms with Crippen LogP contribution in [0.1, 0.15) is 0 Å². The van der Waals surface area contributed by atoms with Crippen LogP contribution in [0.5, 0.6) is 5.75 Å². The molecule has 3 aromatic carbocycles. The summed E-state index contributed by atoms with van der Waals surface area (Å²) in [7, 11) is 1.59. The maximum absolute atomic E-state index is 12.5. The van der Waals surface area contributed by atoms with Crippen LogP contribution in [0.3, 0.4) is 0 Å². The van der Waals surface area contributed by atoms with Gasteiger partial charge in [-0.05, 0) is 36.4 Å². The van der Waals surface area contributed by atoms with Crippen LogP contribution in [0.4, 0.5) is 5.69 Å². The van der Waals surface area contributed by atoms with E-state index in [0.717, 1.165) is 15.5 Å². The van der Waals surface area contributed by atoms with Crippen molar-refractivity contribution in [3.63, 3.8) is 0 Å². The van der Waals surface area contributed by atoms with Gasteiger partial charge >= 0.3 is 0 Å². The quantitative estimate of drug-likeness (QED) is 0.349. The van der Waals surface area contributed by atoms with Gasteiger partial charge in [-0.25, -0.2) is 0 Å². The minimum atomic E-state index is -0.150. The molecule has 0 spiro atoms. The lowest BCUT2D eigenvalue weighted by Crippen LogP contribution is -2.14. The number of aromatic nitrogens is 2. The first-order valence-electron chi connectivity index (χ1n) is 9.44. The lowest BCUT2D eigenvalue weighted by atomic mass is 10.2. The minimum absolute atomic E-state index is 0.150. The number of para-hydroxylation sites is 2. The molecule has 156 valence electrons. The standard InChI is InChI=1S/C23H19N3O3S2/c1-28-19-13-7-5-11-17(19)22-25-26-23(29-22)30-15-21(27)24-18-12-6-8-14-20(18)31-16-9-3-2-4-10-16/h2-14H,15H2,1H3,(H,24,27). The van der Waals surface area contributed by atoms with Gasteiger partial charge in [0.2, 0.25) is 5.91 Å². The molecule has 0 aliphatic carbocycles. The Morgan fingerprint density at radius 1 is 0.968 bits per heavy atom. The number of carbonyl (C=O) groups is 1. The molecule has 0 saturated carbocycles. The number of carbonyl (C=O) groups excluding carboxylic acids is 1. The Balaban J connectivity index is 1.38. The molecule has 31 heavy (non-hydrogen) atoms. The number of hydrogen-bond donors (Lipinski definition) is 1. The number of hydrogen-bond acceptors (Lipinski definition) is 7. The number of nitrogens with one attached hydrogen (secondary N) is 1. The Kier molecular flexibility index (Phi) is 6.91. The van der Waals surface area contributed by atoms with E-state index in [1.807, 2.05) is 78.9 Å². The zero-order valence-corrected chi connectivity index (χ0v) is 18.3. The number of benzene rings is 3. The van der Waals surface area contributed by atoms with Crippen molar-refractivity contribution in [2.75, 3.05) is 18.2 Å². The van der Waals surface area contributed by atoms with E-state index in [4.69, 9.17) is 9.15 Å². The molecule has 8 heteroatoms. The van der Waals surface area contributed by atoms with E-state index in [2.05, 4.69) is 15.5 Å². The Morgan fingerprint density at radius 3 is 2.55 bits per heavy atom. The summed E-state index contributed by atoms with van der Waals surface area (Å²) in [5, 5.41) is 11.4. The lowest BCUT2D eigenvalue weighted by Gasteiger charge is -2.10. The average Bonchev–Trinajstić information content (AvgIpc) is 3.29. The molecular weight excluding hydrogens is 430 g/mol. The monoisotopic (exact) mass is 449 g/mol. The highest BCUT2D eigenvalue weighted by atomic mass is 32.2. The van der Waals surface area contributed by atoms with Crippen molar-refractivity contribution in [3.8, 4) is 17.2 Å². The fraction of sp³-hybridized carbons (Fsp3) is 0.0870. The van der Waals surface area contributed by atoms with Gasteiger partial charge in [0.05, 0.1) is 24.1 Å². The Morgan fingerprint density at radius 2 is 1.71 bits per heavy atom. The Bertz CT molecular complexity index is 1170. The highest BCUT2D eigenvalue weighted by molar-refractivity contribution is 8.00. The fourth-order valence-corrected chi connectivity index (χ4v) is 4.27. The van der Waals surface area contributed by atoms with Gasteiger partial charge < -0.3 is 14.5 Å². The molecule has 0 saturated heterocycles. The SMILES string of the molecule is COc1ccccc1-c1nnc(SCC(=O)Nc2ccccc2Sc2ccccc2)o1. The molecule has 0 fully saturated rings. The first-order chi connectivity index (χ1) is 15.2. The second kappa shape index (κ2) is 10.2. The summed E-state index contributed by atoms with van der Waals surface area (Å²) in [6.07, 6.45) is 0. The predicted octanol–water partition coefficient (Wildman–Crippen LogP) is 5.63. The highest BCUT2D eigenvalue weighted by Crippen LogP contribution is 2.34. The molecule has 1 amide bonds. The summed E-state index contributed by atoms with van der Waals surface area (Å²) in [6, 6.07) is 25.2. The summed E-state index contributed by atoms with van der Waals surface area (Å²) in [5.41, 5.74) is 1.47. The molecular formula is C23H19N3O3S2. The summed E-state index contributed by atoms with van der Waals surface area (Å²) in [5.74, 6) is 0.999. The first kappa shape index (κ1) is 21.0. The number of rotatable bonds is 8. The van der Waals surface area contributed by atoms with Crippen molar-refractivity contribution in [2.45, 2.75) is 15.0 Å². The van der Waals surface area contributed by atoms with E-state index < -0.39 is 0 Å². The minimum Gasteiger partial charge on any atom is -0.496 e. The molecule has 0 atom stereocenters. The van der Waals surface area contributed by atoms with Crippen molar-refractivity contribution in [1.82, 2.24) is 10.2 Å². The number of methoxy groups -OCH3 is 1. The third-order valence-electron chi connectivity index (χ3n) is 4.20. The van der Waals surface area contributed by atoms with E-state index >= 15 is 0 Å². The van der Waals surface area contributed by atoms with Gasteiger partial charge in [0.15, 0.2) is 0 Å². The summed E-state index contributed by atoms with van der Waals surface area (Å²) in [4.78, 5) is 14.6. The summed E-state index contributed by atoms with van der Waals surface area (Å²) in [6.45, 7) is 0. The third-order valence-corrected chi connectivity index (χ3v) is 6.10. The molecule has 1 N–H and O–H groups in total. The van der Waals surface area contributed by atoms with Crippen LogP contribution in [0.25, 0.3) is 11.5 Å². The zero-order chi connectivity index (χ0) is 21.5. The van der Waals surface area contributed by atoms with Crippen LogP contribution in [-0.2, 0) is 4.79 Å². The number of amides is 1. The molecule has 0 bridgehead atoms. The van der Waals surface area contributed by atoms with Crippen LogP contribution in [0.2, 0.25) is 0 Å². The molecule has 0 unspecified atom stereocenters. The molecule has 0 aliphatic rings. The molecule has 4 rings (SSSR count). The predicted molar refractivity (Wildman–Crippen MR) is 123 cm³/mol. The van der Waals surface area contributed by atoms with Crippen LogP contribution >= 0.6 is 23.5 Å². The number of thioether (sulfide) groups is 1. The largest absolute Gasteiger partial charge is 0.496 e. The van der Waals surface area contributed by atoms with Crippen molar-refractivity contribution in [1.29, 1.82) is 0 Å². The van der Waals surface area contributed by atoms with Crippen molar-refractivity contribution >= 4 is 35.1 Å². The van der Waals surface area contributed by atoms with E-state index in [-0.39, 0.29) is 11.7 Å². The first-order valence-corrected chi connectivity index (χ1v) is 11.2. The van der Waals surface area contributed by atoms with E-state index in [9.17, 15) is 4.79 Å². The van der Waals surface area contributed by atoms with Crippen LogP contribution in [-0.4, -0.2) is 29.0 Å². The number of ether oxygens (including phenoxy) is 1. The van der Waals surface area contributed by atoms with Crippen molar-refractivity contribution in [2.24, 2.45) is 0 Å². The molecule has 6 nitrogen and oxygen atoms in total. The van der Waals surface area contributed by atoms with Gasteiger partial charge in [-0.2, -0.15) is 0 Å². The van der Waals surface area contributed by atoms with Gasteiger partial charge in [-0.15, -0.1) is 10.2 Å². The van der Waals surface area contributed by atoms with Crippen molar-refractivity contribution < 1.29 is 13.9 Å². The van der Waals surface area contributed by atoms with E-state index in [0.29, 0.717) is 22.4 Å². The van der Waals surface area contributed by atoms with Gasteiger partial charge in [0.25, 0.3) is 11.1 Å². The van der Waals surface area contributed by atoms with Gasteiger partial charge in [-0.1, -0.05) is 66.0 Å². The summed E-state index contributed by atoms with van der Waals surface area (Å²) < 4.78 is 11.0. The average molecular weight is 450 g/mol. The zero-order valence-electron chi connectivity index (χ0n) is 16.6. The smallest absolute Gasteiger partial charge is 0.277 e. The molecule has 1 aromatic heterocycles. The van der Waals surface area contributed by atoms with Crippen LogP contribution in [0, 0.1) is 0 Å². The topological polar surface area (TPSA) is 77.2 Å². The molecule has 0 radical (unpaired) electrons. The maximum atomic E-state index is 12.5. The van der Waals surface area contributed by atoms with Gasteiger partial charge in [-0.3, -0.25) is 4.79 Å². The van der Waals surface area contributed by atoms with E-state index in [1.165, 1.54) is 11.8 Å². The van der Waals surface area contributed by atoms with Crippen LogP contribution < -0.4 is 10.1 Å². The Labute approximate surface area is 188 Å². The number of nitrogens with zero attached hydrogens (tertiary/aromatic N) is 2. The second-order valence-corrected chi connectivity index (χ2v) is 8.36. The molecule has 4 aromatic rings. The molecule has 1 heterocycles. The fourth-order valence-electron chi connectivity index (χ4n) is 2.79. The highest BCUT2D eigenvalue weighted by Gasteiger charge is 2.15. The van der Waals surface area contributed by atoms with Gasteiger partial charge in [0.1, 0.15) is 5.75 Å². The van der Waals surface area contributed by atoms with Crippen LogP contribution in [0.15, 0.2) is 98.3 Å². The maximum Gasteiger partial charge on any atom is 0.277 e. The van der Waals surface area contributed by atoms with Gasteiger partial charge in [0, 0.05) is 9.79 Å². The lowest BCUT2D eigenvalue weighted by molar-refractivity contribution is -0.113. The van der Waals surface area contributed by atoms with E-state index in [1.54, 1.807) is 18.9 Å². The third kappa shape index (κ3) is 5.48. The normalized spacial score (nSPS) is 10.6. The Hall–Kier alpha value is -3.23.